The van der Waals surface area contributed by atoms with Crippen LogP contribution >= 0.6 is 22.9 Å². The lowest BCUT2D eigenvalue weighted by Crippen LogP contribution is -2.13. The second-order valence-electron chi connectivity index (χ2n) is 4.36. The van der Waals surface area contributed by atoms with Gasteiger partial charge in [0.1, 0.15) is 0 Å². The number of halogens is 1. The Bertz CT molecular complexity index is 529. The molecule has 2 rings (SSSR count). The van der Waals surface area contributed by atoms with Gasteiger partial charge in [0.25, 0.3) is 0 Å². The third-order valence-corrected chi connectivity index (χ3v) is 4.90. The molecule has 0 saturated heterocycles. The predicted molar refractivity (Wildman–Crippen MR) is 81.6 cm³/mol. The van der Waals surface area contributed by atoms with Crippen LogP contribution in [0, 0.1) is 6.92 Å². The monoisotopic (exact) mass is 279 g/mol. The molecule has 0 spiro atoms. The highest BCUT2D eigenvalue weighted by Gasteiger charge is 2.12. The molecule has 0 aliphatic heterocycles. The van der Waals surface area contributed by atoms with Crippen LogP contribution in [0.1, 0.15) is 29.8 Å². The fourth-order valence-electron chi connectivity index (χ4n) is 2.11. The second-order valence-corrected chi connectivity index (χ2v) is 5.89. The van der Waals surface area contributed by atoms with Gasteiger partial charge < -0.3 is 5.32 Å². The third-order valence-electron chi connectivity index (χ3n) is 3.26. The molecule has 1 aromatic heterocycles. The summed E-state index contributed by atoms with van der Waals surface area (Å²) >= 11 is 8.02. The number of benzene rings is 1. The standard InChI is InChI=1S/C15H18ClNS/c1-4-13(17-3)15-9-8-14(18-15)11-6-5-7-12(16)10(11)2/h5-9,13,17H,4H2,1-3H3. The van der Waals surface area contributed by atoms with Gasteiger partial charge in [0, 0.05) is 20.8 Å². The zero-order valence-electron chi connectivity index (χ0n) is 11.0. The van der Waals surface area contributed by atoms with Crippen molar-refractivity contribution >= 4 is 22.9 Å². The smallest absolute Gasteiger partial charge is 0.0441 e. The van der Waals surface area contributed by atoms with Gasteiger partial charge in [-0.2, -0.15) is 0 Å². The van der Waals surface area contributed by atoms with E-state index < -0.39 is 0 Å². The van der Waals surface area contributed by atoms with Gasteiger partial charge >= 0.3 is 0 Å². The molecule has 0 aliphatic rings. The zero-order valence-corrected chi connectivity index (χ0v) is 12.5. The van der Waals surface area contributed by atoms with Crippen molar-refractivity contribution in [1.82, 2.24) is 5.32 Å². The second kappa shape index (κ2) is 5.87. The lowest BCUT2D eigenvalue weighted by molar-refractivity contribution is 0.586. The quantitative estimate of drug-likeness (QED) is 0.826. The summed E-state index contributed by atoms with van der Waals surface area (Å²) in [6.07, 6.45) is 1.10. The van der Waals surface area contributed by atoms with Gasteiger partial charge in [-0.05, 0) is 49.7 Å². The normalized spacial score (nSPS) is 12.7. The summed E-state index contributed by atoms with van der Waals surface area (Å²) in [5.74, 6) is 0. The van der Waals surface area contributed by atoms with E-state index in [0.29, 0.717) is 6.04 Å². The average molecular weight is 280 g/mol. The summed E-state index contributed by atoms with van der Waals surface area (Å²) in [5.41, 5.74) is 2.40. The lowest BCUT2D eigenvalue weighted by atomic mass is 10.1. The van der Waals surface area contributed by atoms with Crippen LogP contribution in [0.4, 0.5) is 0 Å². The van der Waals surface area contributed by atoms with Crippen molar-refractivity contribution in [3.05, 3.63) is 45.8 Å². The van der Waals surface area contributed by atoms with Crippen LogP contribution in [0.25, 0.3) is 10.4 Å². The molecule has 1 aromatic carbocycles. The lowest BCUT2D eigenvalue weighted by Gasteiger charge is -2.11. The predicted octanol–water partition coefficient (Wildman–Crippen LogP) is 5.05. The first-order valence-electron chi connectivity index (χ1n) is 6.19. The minimum Gasteiger partial charge on any atom is -0.312 e. The topological polar surface area (TPSA) is 12.0 Å². The van der Waals surface area contributed by atoms with E-state index in [1.54, 1.807) is 0 Å². The van der Waals surface area contributed by atoms with E-state index in [4.69, 9.17) is 11.6 Å². The highest BCUT2D eigenvalue weighted by Crippen LogP contribution is 2.35. The molecule has 1 nitrogen and oxygen atoms in total. The fraction of sp³-hybridized carbons (Fsp3) is 0.333. The Hall–Kier alpha value is -0.830. The van der Waals surface area contributed by atoms with Crippen LogP contribution in [0.2, 0.25) is 5.02 Å². The van der Waals surface area contributed by atoms with E-state index in [-0.39, 0.29) is 0 Å². The highest BCUT2D eigenvalue weighted by molar-refractivity contribution is 7.15. The minimum absolute atomic E-state index is 0.447. The van der Waals surface area contributed by atoms with E-state index in [9.17, 15) is 0 Å². The van der Waals surface area contributed by atoms with Crippen molar-refractivity contribution in [2.24, 2.45) is 0 Å². The largest absolute Gasteiger partial charge is 0.312 e. The molecule has 1 N–H and O–H groups in total. The van der Waals surface area contributed by atoms with Crippen LogP contribution in [0.3, 0.4) is 0 Å². The van der Waals surface area contributed by atoms with E-state index in [1.807, 2.05) is 30.5 Å². The molecule has 1 atom stereocenters. The fourth-order valence-corrected chi connectivity index (χ4v) is 3.57. The van der Waals surface area contributed by atoms with Gasteiger partial charge in [-0.1, -0.05) is 30.7 Å². The SMILES string of the molecule is CCC(NC)c1ccc(-c2cccc(Cl)c2C)s1. The molecule has 96 valence electrons. The molecular formula is C15H18ClNS. The van der Waals surface area contributed by atoms with Crippen molar-refractivity contribution in [3.63, 3.8) is 0 Å². The van der Waals surface area contributed by atoms with Crippen molar-refractivity contribution in [1.29, 1.82) is 0 Å². The van der Waals surface area contributed by atoms with Gasteiger partial charge in [0.05, 0.1) is 0 Å². The van der Waals surface area contributed by atoms with Crippen LogP contribution < -0.4 is 5.32 Å². The van der Waals surface area contributed by atoms with Crippen molar-refractivity contribution in [2.45, 2.75) is 26.3 Å². The molecule has 0 radical (unpaired) electrons. The molecule has 1 heterocycles. The summed E-state index contributed by atoms with van der Waals surface area (Å²) < 4.78 is 0. The van der Waals surface area contributed by atoms with Gasteiger partial charge in [-0.25, -0.2) is 0 Å². The average Bonchev–Trinajstić information content (AvgIpc) is 2.84. The van der Waals surface area contributed by atoms with E-state index in [1.165, 1.54) is 15.3 Å². The summed E-state index contributed by atoms with van der Waals surface area (Å²) in [5, 5.41) is 4.18. The molecule has 0 bridgehead atoms. The third kappa shape index (κ3) is 2.61. The molecule has 0 saturated carbocycles. The van der Waals surface area contributed by atoms with E-state index in [0.717, 1.165) is 17.0 Å². The molecule has 0 amide bonds. The first-order chi connectivity index (χ1) is 8.67. The molecule has 2 aromatic rings. The Kier molecular flexibility index (Phi) is 4.44. The number of hydrogen-bond acceptors (Lipinski definition) is 2. The van der Waals surface area contributed by atoms with Crippen molar-refractivity contribution < 1.29 is 0 Å². The molecule has 0 aliphatic carbocycles. The number of hydrogen-bond donors (Lipinski definition) is 1. The highest BCUT2D eigenvalue weighted by atomic mass is 35.5. The Morgan fingerprint density at radius 3 is 2.72 bits per heavy atom. The summed E-state index contributed by atoms with van der Waals surface area (Å²) in [7, 11) is 2.01. The molecule has 3 heteroatoms. The molecule has 1 unspecified atom stereocenters. The van der Waals surface area contributed by atoms with Crippen LogP contribution in [0.5, 0.6) is 0 Å². The van der Waals surface area contributed by atoms with E-state index >= 15 is 0 Å². The molecule has 18 heavy (non-hydrogen) atoms. The number of rotatable bonds is 4. The summed E-state index contributed by atoms with van der Waals surface area (Å²) in [6.45, 7) is 4.28. The molecule has 0 fully saturated rings. The van der Waals surface area contributed by atoms with Gasteiger partial charge in [-0.3, -0.25) is 0 Å². The maximum absolute atomic E-state index is 6.18. The van der Waals surface area contributed by atoms with Crippen LogP contribution in [-0.4, -0.2) is 7.05 Å². The van der Waals surface area contributed by atoms with Gasteiger partial charge in [-0.15, -0.1) is 11.3 Å². The van der Waals surface area contributed by atoms with Crippen LogP contribution in [0.15, 0.2) is 30.3 Å². The van der Waals surface area contributed by atoms with Crippen molar-refractivity contribution in [2.75, 3.05) is 7.05 Å². The zero-order chi connectivity index (χ0) is 13.1. The Balaban J connectivity index is 2.38. The molecular weight excluding hydrogens is 262 g/mol. The first-order valence-corrected chi connectivity index (χ1v) is 7.39. The summed E-state index contributed by atoms with van der Waals surface area (Å²) in [6, 6.07) is 10.9. The number of thiophene rings is 1. The maximum atomic E-state index is 6.18. The van der Waals surface area contributed by atoms with Gasteiger partial charge in [0.15, 0.2) is 0 Å². The van der Waals surface area contributed by atoms with Crippen LogP contribution in [-0.2, 0) is 0 Å². The summed E-state index contributed by atoms with van der Waals surface area (Å²) in [4.78, 5) is 2.67. The number of nitrogens with one attached hydrogen (secondary N) is 1. The Morgan fingerprint density at radius 1 is 1.28 bits per heavy atom. The minimum atomic E-state index is 0.447. The Morgan fingerprint density at radius 2 is 2.06 bits per heavy atom. The Labute approximate surface area is 118 Å². The van der Waals surface area contributed by atoms with E-state index in [2.05, 4.69) is 37.4 Å². The first kappa shape index (κ1) is 13.6. The maximum Gasteiger partial charge on any atom is 0.0441 e. The van der Waals surface area contributed by atoms with Gasteiger partial charge in [0.2, 0.25) is 0 Å². The van der Waals surface area contributed by atoms with Crippen molar-refractivity contribution in [3.8, 4) is 10.4 Å².